The first-order valence-electron chi connectivity index (χ1n) is 27.7. The number of methoxy groups -OCH3 is 1. The molecular weight excluding hydrogens is 1050 g/mol. The number of aliphatic hydroxyl groups is 3. The smallest absolute Gasteiger partial charge is 0.407 e. The molecule has 8 rings (SSSR count). The summed E-state index contributed by atoms with van der Waals surface area (Å²) in [6.07, 6.45) is -3.98. The van der Waals surface area contributed by atoms with Crippen molar-refractivity contribution in [3.8, 4) is 0 Å². The maximum atomic E-state index is 15.5. The summed E-state index contributed by atoms with van der Waals surface area (Å²) in [7, 11) is 1.16. The van der Waals surface area contributed by atoms with E-state index in [1.54, 1.807) is 33.8 Å². The molecule has 444 valence electrons. The van der Waals surface area contributed by atoms with Crippen molar-refractivity contribution in [1.29, 1.82) is 0 Å². The van der Waals surface area contributed by atoms with Crippen molar-refractivity contribution >= 4 is 36.1 Å². The number of quaternary nitrogens is 1. The Hall–Kier alpha value is -4.92. The van der Waals surface area contributed by atoms with Crippen molar-refractivity contribution in [2.45, 2.75) is 212 Å². The molecule has 6 N–H and O–H groups in total. The third-order valence-corrected chi connectivity index (χ3v) is 18.3. The van der Waals surface area contributed by atoms with Crippen LogP contribution in [0, 0.1) is 46.1 Å². The van der Waals surface area contributed by atoms with E-state index in [4.69, 9.17) is 47.4 Å². The van der Waals surface area contributed by atoms with Crippen LogP contribution in [-0.2, 0) is 71.3 Å². The minimum Gasteiger partial charge on any atom is -0.600 e. The van der Waals surface area contributed by atoms with Crippen LogP contribution < -0.4 is 10.5 Å². The summed E-state index contributed by atoms with van der Waals surface area (Å²) in [5, 5.41) is 61.0. The van der Waals surface area contributed by atoms with Gasteiger partial charge in [-0.05, 0) is 89.4 Å². The van der Waals surface area contributed by atoms with E-state index in [1.807, 2.05) is 45.9 Å². The molecular formula is C57H80N2O21. The number of aldehydes is 1. The number of alkyl carbamates (subject to hydrolysis) is 1. The second-order valence-electron chi connectivity index (χ2n) is 23.9. The minimum absolute atomic E-state index is 0.000933. The zero-order valence-corrected chi connectivity index (χ0v) is 47.5. The van der Waals surface area contributed by atoms with Gasteiger partial charge in [-0.2, -0.15) is 0 Å². The number of aliphatic hydroxyl groups excluding tert-OH is 3. The number of hydrogen-bond donors (Lipinski definition) is 6. The lowest BCUT2D eigenvalue weighted by Gasteiger charge is -2.56. The van der Waals surface area contributed by atoms with E-state index in [9.17, 15) is 49.7 Å². The number of carbonyl (C=O) groups is 6. The van der Waals surface area contributed by atoms with Crippen LogP contribution in [0.3, 0.4) is 0 Å². The molecule has 4 heterocycles. The monoisotopic (exact) mass is 1130 g/mol. The number of allylic oxidation sites excluding steroid dienone is 3. The van der Waals surface area contributed by atoms with Crippen LogP contribution in [0.1, 0.15) is 115 Å². The van der Waals surface area contributed by atoms with Crippen LogP contribution in [0.2, 0.25) is 0 Å². The number of amides is 1. The van der Waals surface area contributed by atoms with Gasteiger partial charge in [0.1, 0.15) is 29.8 Å². The molecule has 80 heavy (non-hydrogen) atoms. The highest BCUT2D eigenvalue weighted by molar-refractivity contribution is 6.26. The zero-order valence-electron chi connectivity index (χ0n) is 47.5. The average Bonchev–Trinajstić information content (AvgIpc) is 3.51. The fourth-order valence-corrected chi connectivity index (χ4v) is 14.5. The number of nitrogens with one attached hydrogen (secondary N) is 2. The van der Waals surface area contributed by atoms with Crippen LogP contribution in [0.5, 0.6) is 0 Å². The molecule has 4 aliphatic heterocycles. The van der Waals surface area contributed by atoms with Crippen molar-refractivity contribution < 1.29 is 102 Å². The first-order valence-corrected chi connectivity index (χ1v) is 27.7. The Morgan fingerprint density at radius 3 is 2.09 bits per heavy atom. The van der Waals surface area contributed by atoms with Crippen molar-refractivity contribution in [2.75, 3.05) is 7.11 Å². The SMILES string of the molecule is COC(=O)N[C@@H]1[C@@H](C)O[C@@H](O[C@H]2C/C=C(\C)[C@@H]3C=C[C@@H]4[C@@H](O[C@H]5C[C@@H](O[C@H]6C[C@@H](O)[C@H](OC(C)=O)[C@@H](C)O6)[C@H](OC(C)=O)[C@@H](C)O5)[C@@H](C)C[C@H](C)[C@H]4[C@]3(C)C(O)=C3C(=O)O[C@]4(CC(C=O)=C[C@H](O)[C@H]4/C=C/2C)C3=O)C[C@@]1(C)[NH+]([O-])O. The quantitative estimate of drug-likeness (QED) is 0.0430. The summed E-state index contributed by atoms with van der Waals surface area (Å²) in [6, 6.07) is -1.02. The highest BCUT2D eigenvalue weighted by Crippen LogP contribution is 2.61. The van der Waals surface area contributed by atoms with E-state index in [0.29, 0.717) is 23.9 Å². The Labute approximate surface area is 465 Å². The zero-order chi connectivity index (χ0) is 58.7. The largest absolute Gasteiger partial charge is 0.600 e. The van der Waals surface area contributed by atoms with Gasteiger partial charge in [-0.3, -0.25) is 19.2 Å². The van der Waals surface area contributed by atoms with Gasteiger partial charge in [0.2, 0.25) is 5.78 Å². The minimum atomic E-state index is -2.19. The van der Waals surface area contributed by atoms with Crippen LogP contribution in [0.4, 0.5) is 4.79 Å². The lowest BCUT2D eigenvalue weighted by molar-refractivity contribution is -1.09. The second kappa shape index (κ2) is 23.7. The average molecular weight is 1130 g/mol. The van der Waals surface area contributed by atoms with Crippen molar-refractivity contribution in [3.63, 3.8) is 0 Å². The normalized spacial score (nSPS) is 45.6. The number of fused-ring (bicyclic) bond motifs is 4. The van der Waals surface area contributed by atoms with Gasteiger partial charge < -0.3 is 73.2 Å². The van der Waals surface area contributed by atoms with Gasteiger partial charge in [0.25, 0.3) is 0 Å². The summed E-state index contributed by atoms with van der Waals surface area (Å²) in [4.78, 5) is 79.3. The number of rotatable bonds is 11. The molecule has 8 aliphatic rings. The number of ether oxygens (including phenoxy) is 10. The van der Waals surface area contributed by atoms with Crippen LogP contribution in [0.25, 0.3) is 0 Å². The number of esters is 3. The fourth-order valence-electron chi connectivity index (χ4n) is 14.5. The maximum absolute atomic E-state index is 15.5. The second-order valence-corrected chi connectivity index (χ2v) is 23.9. The third-order valence-electron chi connectivity index (χ3n) is 18.3. The van der Waals surface area contributed by atoms with E-state index in [1.165, 1.54) is 26.8 Å². The highest BCUT2D eigenvalue weighted by Gasteiger charge is 2.65. The Kier molecular flexibility index (Phi) is 18.2. The topological polar surface area (TPSA) is 315 Å². The summed E-state index contributed by atoms with van der Waals surface area (Å²) in [6.45, 7) is 18.4. The Balaban J connectivity index is 1.17. The van der Waals surface area contributed by atoms with E-state index in [0.717, 1.165) is 7.11 Å². The Bertz CT molecular complexity index is 2550. The van der Waals surface area contributed by atoms with Gasteiger partial charge in [-0.25, -0.2) is 20.0 Å². The van der Waals surface area contributed by atoms with E-state index >= 15 is 4.79 Å². The molecule has 23 heteroatoms. The summed E-state index contributed by atoms with van der Waals surface area (Å²) in [5.74, 6) is -7.08. The standard InChI is InChI=1S/C57H80N2O21/c1-25-13-16-40(77-44-23-55(10,59(69)70)50(31(7)74-44)58-54(68)71-12)26(2)18-37-38(63)19-34(24-60)22-57(37)52(66)45(53(67)80-57)51(65)56(11)36(25)15-14-35-46(56)27(3)17-28(4)47(35)79-43-21-41(49(30(6)73-43)76-33(9)62)78-42-20-39(64)48(29(5)72-42)75-32(8)61/h13-15,18-19,24,27-31,35-44,46-50,59,63-65,69H,16-17,20-23H2,1-12H3,(H,58,68)/b25-13+,26-18+,51-45?/t27-,28-,29+,30+,31+,35-,36-,37+,38-,39+,40-,41+,42-,43-,44-,46+,47-,48+,49+,50+,55+,56+,57-/m0/s1. The van der Waals surface area contributed by atoms with Crippen LogP contribution in [-0.4, -0.2) is 161 Å². The molecule has 2 bridgehead atoms. The highest BCUT2D eigenvalue weighted by atomic mass is 16.8. The molecule has 0 aromatic carbocycles. The number of hydrogen-bond acceptors (Lipinski definition) is 21. The molecule has 1 spiro atoms. The van der Waals surface area contributed by atoms with E-state index < -0.39 is 179 Å². The summed E-state index contributed by atoms with van der Waals surface area (Å²) in [5.41, 5.74) is -4.68. The molecule has 4 aliphatic carbocycles. The first kappa shape index (κ1) is 61.2. The molecule has 0 aromatic rings. The summed E-state index contributed by atoms with van der Waals surface area (Å²) >= 11 is 0. The molecule has 24 atom stereocenters. The van der Waals surface area contributed by atoms with Gasteiger partial charge in [0.15, 0.2) is 42.2 Å². The molecule has 4 saturated heterocycles. The molecule has 1 unspecified atom stereocenters. The van der Waals surface area contributed by atoms with Crippen LogP contribution >= 0.6 is 0 Å². The van der Waals surface area contributed by atoms with Gasteiger partial charge in [-0.1, -0.05) is 50.6 Å². The lowest BCUT2D eigenvalue weighted by Crippen LogP contribution is -3.17. The van der Waals surface area contributed by atoms with Crippen molar-refractivity contribution in [1.82, 2.24) is 5.32 Å². The van der Waals surface area contributed by atoms with Crippen molar-refractivity contribution in [3.05, 3.63) is 63.6 Å². The van der Waals surface area contributed by atoms with Gasteiger partial charge in [-0.15, -0.1) is 0 Å². The van der Waals surface area contributed by atoms with E-state index in [2.05, 4.69) is 5.32 Å². The predicted molar refractivity (Wildman–Crippen MR) is 277 cm³/mol. The molecule has 1 saturated carbocycles. The molecule has 5 fully saturated rings. The number of Topliss-reactive ketones (excluding diaryl/α,β-unsaturated/α-hetero) is 1. The van der Waals surface area contributed by atoms with Gasteiger partial charge >= 0.3 is 24.0 Å². The van der Waals surface area contributed by atoms with Crippen LogP contribution in [0.15, 0.2) is 58.4 Å². The maximum Gasteiger partial charge on any atom is 0.407 e. The van der Waals surface area contributed by atoms with E-state index in [-0.39, 0.29) is 43.1 Å². The lowest BCUT2D eigenvalue weighted by atomic mass is 9.49. The van der Waals surface area contributed by atoms with Gasteiger partial charge in [0, 0.05) is 50.4 Å². The predicted octanol–water partition coefficient (Wildman–Crippen LogP) is 3.61. The third kappa shape index (κ3) is 11.5. The van der Waals surface area contributed by atoms with Gasteiger partial charge in [0.05, 0.1) is 62.2 Å². The number of hydroxylamine groups is 2. The fraction of sp³-hybridized carbons (Fsp3) is 0.719. The number of carbonyl (C=O) groups excluding carboxylic acids is 6. The molecule has 23 nitrogen and oxygen atoms in total. The Morgan fingerprint density at radius 2 is 1.46 bits per heavy atom. The molecule has 0 aromatic heterocycles. The summed E-state index contributed by atoms with van der Waals surface area (Å²) < 4.78 is 61.1. The molecule has 1 amide bonds. The first-order chi connectivity index (χ1) is 37.6. The number of ketones is 1. The van der Waals surface area contributed by atoms with Crippen molar-refractivity contribution in [2.24, 2.45) is 40.9 Å². The Morgan fingerprint density at radius 1 is 0.825 bits per heavy atom. The molecule has 0 radical (unpaired) electrons.